The van der Waals surface area contributed by atoms with E-state index in [1.54, 1.807) is 17.2 Å². The molecule has 1 aliphatic heterocycles. The first kappa shape index (κ1) is 18.9. The van der Waals surface area contributed by atoms with Crippen molar-refractivity contribution in [2.45, 2.75) is 0 Å². The molecule has 0 radical (unpaired) electrons. The van der Waals surface area contributed by atoms with Crippen molar-refractivity contribution in [3.8, 4) is 22.7 Å². The molecule has 0 atom stereocenters. The molecule has 1 saturated heterocycles. The van der Waals surface area contributed by atoms with E-state index in [1.165, 1.54) is 0 Å². The number of nitrogens with zero attached hydrogens (tertiary/aromatic N) is 6. The molecule has 0 bridgehead atoms. The Kier molecular flexibility index (Phi) is 5.10. The third kappa shape index (κ3) is 4.00. The van der Waals surface area contributed by atoms with Gasteiger partial charge in [-0.2, -0.15) is 0 Å². The molecule has 154 valence electrons. The van der Waals surface area contributed by atoms with E-state index in [1.807, 2.05) is 60.7 Å². The summed E-state index contributed by atoms with van der Waals surface area (Å²) >= 11 is 0. The van der Waals surface area contributed by atoms with Gasteiger partial charge >= 0.3 is 0 Å². The van der Waals surface area contributed by atoms with E-state index >= 15 is 0 Å². The first-order valence-electron chi connectivity index (χ1n) is 10.1. The SMILES string of the molecule is O=C(c1cc(-c2ccccc2)on1)N1CCN(c2ccc(-c3ccccn3)nn2)CC1. The van der Waals surface area contributed by atoms with Crippen molar-refractivity contribution >= 4 is 11.7 Å². The summed E-state index contributed by atoms with van der Waals surface area (Å²) in [6.45, 7) is 2.51. The van der Waals surface area contributed by atoms with Gasteiger partial charge in [0.2, 0.25) is 0 Å². The monoisotopic (exact) mass is 412 g/mol. The van der Waals surface area contributed by atoms with Gasteiger partial charge in [0.05, 0.1) is 5.69 Å². The quantitative estimate of drug-likeness (QED) is 0.509. The van der Waals surface area contributed by atoms with E-state index in [0.29, 0.717) is 37.6 Å². The molecule has 1 aromatic carbocycles. The van der Waals surface area contributed by atoms with Crippen molar-refractivity contribution in [3.05, 3.63) is 78.6 Å². The molecular weight excluding hydrogens is 392 g/mol. The predicted octanol–water partition coefficient (Wildman–Crippen LogP) is 3.16. The van der Waals surface area contributed by atoms with Gasteiger partial charge in [0.25, 0.3) is 5.91 Å². The number of pyridine rings is 1. The summed E-state index contributed by atoms with van der Waals surface area (Å²) in [5.74, 6) is 1.26. The minimum Gasteiger partial charge on any atom is -0.355 e. The maximum absolute atomic E-state index is 12.8. The maximum atomic E-state index is 12.8. The number of carbonyl (C=O) groups excluding carboxylic acids is 1. The summed E-state index contributed by atoms with van der Waals surface area (Å²) in [6.07, 6.45) is 1.73. The molecular formula is C23H20N6O2. The Morgan fingerprint density at radius 3 is 2.35 bits per heavy atom. The fraction of sp³-hybridized carbons (Fsp3) is 0.174. The van der Waals surface area contributed by atoms with E-state index < -0.39 is 0 Å². The van der Waals surface area contributed by atoms with Gasteiger partial charge in [-0.3, -0.25) is 9.78 Å². The van der Waals surface area contributed by atoms with Gasteiger partial charge in [-0.15, -0.1) is 10.2 Å². The van der Waals surface area contributed by atoms with Crippen LogP contribution in [-0.2, 0) is 0 Å². The highest BCUT2D eigenvalue weighted by atomic mass is 16.5. The van der Waals surface area contributed by atoms with Gasteiger partial charge in [0.15, 0.2) is 17.3 Å². The molecule has 0 aliphatic carbocycles. The topological polar surface area (TPSA) is 88.3 Å². The Labute approximate surface area is 179 Å². The number of aromatic nitrogens is 4. The van der Waals surface area contributed by atoms with Gasteiger partial charge in [0, 0.05) is 44.0 Å². The smallest absolute Gasteiger partial charge is 0.276 e. The highest BCUT2D eigenvalue weighted by molar-refractivity contribution is 5.93. The summed E-state index contributed by atoms with van der Waals surface area (Å²) in [7, 11) is 0. The zero-order valence-electron chi connectivity index (χ0n) is 16.8. The molecule has 4 aromatic rings. The molecule has 3 aromatic heterocycles. The second-order valence-electron chi connectivity index (χ2n) is 7.21. The van der Waals surface area contributed by atoms with E-state index in [-0.39, 0.29) is 5.91 Å². The zero-order valence-corrected chi connectivity index (χ0v) is 16.8. The van der Waals surface area contributed by atoms with Crippen molar-refractivity contribution < 1.29 is 9.32 Å². The highest BCUT2D eigenvalue weighted by Gasteiger charge is 2.25. The van der Waals surface area contributed by atoms with E-state index in [0.717, 1.165) is 22.8 Å². The van der Waals surface area contributed by atoms with Crippen molar-refractivity contribution in [1.82, 2.24) is 25.2 Å². The molecule has 5 rings (SSSR count). The van der Waals surface area contributed by atoms with Gasteiger partial charge in [-0.1, -0.05) is 41.6 Å². The van der Waals surface area contributed by atoms with Crippen LogP contribution in [0.25, 0.3) is 22.7 Å². The fourth-order valence-electron chi connectivity index (χ4n) is 3.56. The normalized spacial score (nSPS) is 13.9. The minimum atomic E-state index is -0.123. The predicted molar refractivity (Wildman–Crippen MR) is 115 cm³/mol. The zero-order chi connectivity index (χ0) is 21.0. The van der Waals surface area contributed by atoms with Crippen LogP contribution in [0, 0.1) is 0 Å². The fourth-order valence-corrected chi connectivity index (χ4v) is 3.56. The van der Waals surface area contributed by atoms with Crippen LogP contribution in [0.1, 0.15) is 10.5 Å². The van der Waals surface area contributed by atoms with Gasteiger partial charge in [-0.25, -0.2) is 0 Å². The van der Waals surface area contributed by atoms with Crippen molar-refractivity contribution in [1.29, 1.82) is 0 Å². The molecule has 8 nitrogen and oxygen atoms in total. The number of carbonyl (C=O) groups is 1. The molecule has 1 aliphatic rings. The van der Waals surface area contributed by atoms with Crippen LogP contribution in [0.4, 0.5) is 5.82 Å². The van der Waals surface area contributed by atoms with Crippen LogP contribution in [0.3, 0.4) is 0 Å². The van der Waals surface area contributed by atoms with Gasteiger partial charge in [-0.05, 0) is 24.3 Å². The van der Waals surface area contributed by atoms with Crippen molar-refractivity contribution in [3.63, 3.8) is 0 Å². The number of hydrogen-bond donors (Lipinski definition) is 0. The largest absolute Gasteiger partial charge is 0.355 e. The van der Waals surface area contributed by atoms with Crippen molar-refractivity contribution in [2.75, 3.05) is 31.1 Å². The Bertz CT molecular complexity index is 1150. The van der Waals surface area contributed by atoms with Gasteiger partial charge in [0.1, 0.15) is 5.69 Å². The number of anilines is 1. The lowest BCUT2D eigenvalue weighted by atomic mass is 10.1. The average molecular weight is 412 g/mol. The van der Waals surface area contributed by atoms with E-state index in [2.05, 4.69) is 25.2 Å². The third-order valence-electron chi connectivity index (χ3n) is 5.26. The van der Waals surface area contributed by atoms with E-state index in [4.69, 9.17) is 4.52 Å². The van der Waals surface area contributed by atoms with Crippen LogP contribution in [-0.4, -0.2) is 57.3 Å². The average Bonchev–Trinajstić information content (AvgIpc) is 3.35. The molecule has 4 heterocycles. The Hall–Kier alpha value is -4.07. The number of piperazine rings is 1. The summed E-state index contributed by atoms with van der Waals surface area (Å²) < 4.78 is 5.37. The first-order chi connectivity index (χ1) is 15.3. The number of amides is 1. The van der Waals surface area contributed by atoms with Gasteiger partial charge < -0.3 is 14.3 Å². The second kappa shape index (κ2) is 8.35. The highest BCUT2D eigenvalue weighted by Crippen LogP contribution is 2.22. The molecule has 8 heteroatoms. The Morgan fingerprint density at radius 1 is 0.839 bits per heavy atom. The first-order valence-corrected chi connectivity index (χ1v) is 10.1. The summed E-state index contributed by atoms with van der Waals surface area (Å²) in [5, 5.41) is 12.6. The second-order valence-corrected chi connectivity index (χ2v) is 7.21. The lowest BCUT2D eigenvalue weighted by Crippen LogP contribution is -2.49. The van der Waals surface area contributed by atoms with Crippen LogP contribution in [0.15, 0.2) is 77.4 Å². The van der Waals surface area contributed by atoms with Crippen LogP contribution >= 0.6 is 0 Å². The molecule has 31 heavy (non-hydrogen) atoms. The molecule has 1 fully saturated rings. The third-order valence-corrected chi connectivity index (χ3v) is 5.26. The molecule has 0 saturated carbocycles. The molecule has 1 amide bonds. The maximum Gasteiger partial charge on any atom is 0.276 e. The van der Waals surface area contributed by atoms with Crippen LogP contribution in [0.5, 0.6) is 0 Å². The summed E-state index contributed by atoms with van der Waals surface area (Å²) in [6, 6.07) is 20.9. The summed E-state index contributed by atoms with van der Waals surface area (Å²) in [5.41, 5.74) is 2.75. The van der Waals surface area contributed by atoms with E-state index in [9.17, 15) is 4.79 Å². The Balaban J connectivity index is 1.21. The lowest BCUT2D eigenvalue weighted by molar-refractivity contribution is 0.0736. The molecule has 0 N–H and O–H groups in total. The number of hydrogen-bond acceptors (Lipinski definition) is 7. The molecule has 0 unspecified atom stereocenters. The lowest BCUT2D eigenvalue weighted by Gasteiger charge is -2.34. The van der Waals surface area contributed by atoms with Crippen molar-refractivity contribution in [2.24, 2.45) is 0 Å². The minimum absolute atomic E-state index is 0.123. The summed E-state index contributed by atoms with van der Waals surface area (Å²) in [4.78, 5) is 21.0. The standard InChI is InChI=1S/C23H20N6O2/c30-23(20-16-21(31-27-20)17-6-2-1-3-7-17)29-14-12-28(13-15-29)22-10-9-19(25-26-22)18-8-4-5-11-24-18/h1-11,16H,12-15H2. The number of rotatable bonds is 4. The van der Waals surface area contributed by atoms with Crippen LogP contribution in [0.2, 0.25) is 0 Å². The van der Waals surface area contributed by atoms with Crippen LogP contribution < -0.4 is 4.90 Å². The molecule has 0 spiro atoms. The Morgan fingerprint density at radius 2 is 1.65 bits per heavy atom. The number of benzene rings is 1.